The van der Waals surface area contributed by atoms with Crippen molar-refractivity contribution < 1.29 is 0 Å². The smallest absolute Gasteiger partial charge is 0.163 e. The number of hydrogen-bond donors (Lipinski definition) is 0. The molecule has 0 N–H and O–H groups in total. The summed E-state index contributed by atoms with van der Waals surface area (Å²) in [5.74, 6) is 1.65. The first-order chi connectivity index (χ1) is 17.8. The summed E-state index contributed by atoms with van der Waals surface area (Å²) in [4.78, 5) is 14.9. The zero-order chi connectivity index (χ0) is 24.3. The molecule has 0 saturated carbocycles. The van der Waals surface area contributed by atoms with Gasteiger partial charge in [0.2, 0.25) is 0 Å². The van der Waals surface area contributed by atoms with Crippen molar-refractivity contribution in [1.29, 1.82) is 0 Å². The summed E-state index contributed by atoms with van der Waals surface area (Å²) in [5.41, 5.74) is 4.45. The molecule has 4 aromatic carbocycles. The van der Waals surface area contributed by atoms with Gasteiger partial charge >= 0.3 is 0 Å². The zero-order valence-corrected chi connectivity index (χ0v) is 20.7. The van der Waals surface area contributed by atoms with Gasteiger partial charge in [-0.1, -0.05) is 96.5 Å². The topological polar surface area (TPSA) is 32.3 Å². The lowest BCUT2D eigenvalue weighted by atomic mass is 9.96. The monoisotopic (exact) mass is 490 g/mol. The molecule has 1 aromatic heterocycles. The van der Waals surface area contributed by atoms with Crippen LogP contribution in [-0.2, 0) is 0 Å². The van der Waals surface area contributed by atoms with E-state index in [0.717, 1.165) is 48.5 Å². The lowest BCUT2D eigenvalue weighted by Gasteiger charge is -2.40. The molecule has 1 fully saturated rings. The van der Waals surface area contributed by atoms with Crippen LogP contribution in [0.25, 0.3) is 22.3 Å². The molecule has 1 aliphatic rings. The van der Waals surface area contributed by atoms with Crippen molar-refractivity contribution in [3.8, 4) is 11.4 Å². The highest BCUT2D eigenvalue weighted by Crippen LogP contribution is 2.33. The Labute approximate surface area is 216 Å². The molecule has 0 radical (unpaired) electrons. The van der Waals surface area contributed by atoms with E-state index in [1.54, 1.807) is 0 Å². The minimum atomic E-state index is 0.232. The minimum Gasteiger partial charge on any atom is -0.353 e. The van der Waals surface area contributed by atoms with Gasteiger partial charge in [0, 0.05) is 37.1 Å². The number of aromatic nitrogens is 2. The van der Waals surface area contributed by atoms with Crippen LogP contribution in [-0.4, -0.2) is 41.0 Å². The maximum atomic E-state index is 6.52. The van der Waals surface area contributed by atoms with Crippen LogP contribution in [0.1, 0.15) is 17.2 Å². The molecule has 5 heteroatoms. The molecule has 1 aliphatic heterocycles. The van der Waals surface area contributed by atoms with Crippen LogP contribution in [0.2, 0.25) is 5.02 Å². The lowest BCUT2D eigenvalue weighted by Crippen LogP contribution is -2.48. The summed E-state index contributed by atoms with van der Waals surface area (Å²) in [5, 5.41) is 1.74. The molecule has 36 heavy (non-hydrogen) atoms. The number of fused-ring (bicyclic) bond motifs is 1. The number of rotatable bonds is 5. The third-order valence-corrected chi connectivity index (χ3v) is 7.24. The van der Waals surface area contributed by atoms with Gasteiger partial charge in [0.05, 0.1) is 16.6 Å². The van der Waals surface area contributed by atoms with Crippen molar-refractivity contribution in [1.82, 2.24) is 14.9 Å². The summed E-state index contributed by atoms with van der Waals surface area (Å²) in [6, 6.07) is 37.9. The average Bonchev–Trinajstić information content (AvgIpc) is 2.94. The maximum Gasteiger partial charge on any atom is 0.163 e. The van der Waals surface area contributed by atoms with Crippen LogP contribution in [0.4, 0.5) is 5.82 Å². The van der Waals surface area contributed by atoms with Crippen molar-refractivity contribution in [2.24, 2.45) is 0 Å². The number of nitrogens with zero attached hydrogens (tertiary/aromatic N) is 4. The van der Waals surface area contributed by atoms with Crippen LogP contribution in [0.15, 0.2) is 109 Å². The molecule has 2 heterocycles. The zero-order valence-electron chi connectivity index (χ0n) is 20.0. The van der Waals surface area contributed by atoms with Gasteiger partial charge in [0.25, 0.3) is 0 Å². The second-order valence-electron chi connectivity index (χ2n) is 9.11. The third kappa shape index (κ3) is 4.46. The highest BCUT2D eigenvalue weighted by Gasteiger charge is 2.28. The predicted molar refractivity (Wildman–Crippen MR) is 148 cm³/mol. The quantitative estimate of drug-likeness (QED) is 0.269. The number of halogens is 1. The molecule has 0 atom stereocenters. The number of benzene rings is 4. The van der Waals surface area contributed by atoms with Crippen LogP contribution in [0.3, 0.4) is 0 Å². The maximum absolute atomic E-state index is 6.52. The van der Waals surface area contributed by atoms with Crippen molar-refractivity contribution in [2.45, 2.75) is 6.04 Å². The number of para-hydroxylation sites is 1. The van der Waals surface area contributed by atoms with Crippen molar-refractivity contribution >= 4 is 28.3 Å². The molecular formula is C31H27ClN4. The van der Waals surface area contributed by atoms with Gasteiger partial charge in [-0.25, -0.2) is 9.97 Å². The Morgan fingerprint density at radius 2 is 1.19 bits per heavy atom. The van der Waals surface area contributed by atoms with E-state index in [-0.39, 0.29) is 6.04 Å². The second-order valence-corrected chi connectivity index (χ2v) is 9.52. The fourth-order valence-corrected chi connectivity index (χ4v) is 5.36. The molecule has 0 unspecified atom stereocenters. The number of hydrogen-bond acceptors (Lipinski definition) is 4. The van der Waals surface area contributed by atoms with Gasteiger partial charge in [0.15, 0.2) is 5.82 Å². The Balaban J connectivity index is 1.32. The van der Waals surface area contributed by atoms with E-state index >= 15 is 0 Å². The van der Waals surface area contributed by atoms with E-state index in [0.29, 0.717) is 10.8 Å². The Morgan fingerprint density at radius 3 is 1.86 bits per heavy atom. The standard InChI is InChI=1S/C31H27ClN4/c32-27-17-9-7-15-25(27)30-33-28-18-10-8-16-26(28)31(34-30)36-21-19-35(20-22-36)29(23-11-3-1-4-12-23)24-13-5-2-6-14-24/h1-18,29H,19-22H2. The molecule has 0 amide bonds. The van der Waals surface area contributed by atoms with Crippen LogP contribution in [0, 0.1) is 0 Å². The molecule has 5 aromatic rings. The fourth-order valence-electron chi connectivity index (χ4n) is 5.14. The molecule has 178 valence electrons. The number of piperazine rings is 1. The largest absolute Gasteiger partial charge is 0.353 e. The van der Waals surface area contributed by atoms with Gasteiger partial charge < -0.3 is 4.90 Å². The van der Waals surface area contributed by atoms with E-state index in [9.17, 15) is 0 Å². The Bertz CT molecular complexity index is 1420. The minimum absolute atomic E-state index is 0.232. The number of anilines is 1. The molecule has 1 saturated heterocycles. The van der Waals surface area contributed by atoms with Crippen molar-refractivity contribution in [2.75, 3.05) is 31.1 Å². The van der Waals surface area contributed by atoms with E-state index in [1.165, 1.54) is 11.1 Å². The van der Waals surface area contributed by atoms with E-state index < -0.39 is 0 Å². The van der Waals surface area contributed by atoms with E-state index in [2.05, 4.69) is 88.7 Å². The highest BCUT2D eigenvalue weighted by molar-refractivity contribution is 6.33. The molecule has 0 spiro atoms. The van der Waals surface area contributed by atoms with Gasteiger partial charge in [0.1, 0.15) is 5.82 Å². The normalized spacial score (nSPS) is 14.4. The molecule has 6 rings (SSSR count). The second kappa shape index (κ2) is 10.1. The first-order valence-electron chi connectivity index (χ1n) is 12.4. The Kier molecular flexibility index (Phi) is 6.37. The average molecular weight is 491 g/mol. The summed E-state index contributed by atoms with van der Waals surface area (Å²) in [6.45, 7) is 3.65. The summed E-state index contributed by atoms with van der Waals surface area (Å²) < 4.78 is 0. The fraction of sp³-hybridized carbons (Fsp3) is 0.161. The summed E-state index contributed by atoms with van der Waals surface area (Å²) in [7, 11) is 0. The van der Waals surface area contributed by atoms with Gasteiger partial charge in [-0.15, -0.1) is 0 Å². The van der Waals surface area contributed by atoms with Crippen molar-refractivity contribution in [3.63, 3.8) is 0 Å². The van der Waals surface area contributed by atoms with Gasteiger partial charge in [-0.3, -0.25) is 4.90 Å². The van der Waals surface area contributed by atoms with E-state index in [1.807, 2.05) is 30.3 Å². The van der Waals surface area contributed by atoms with E-state index in [4.69, 9.17) is 21.6 Å². The van der Waals surface area contributed by atoms with Crippen LogP contribution >= 0.6 is 11.6 Å². The third-order valence-electron chi connectivity index (χ3n) is 6.91. The van der Waals surface area contributed by atoms with Gasteiger partial charge in [-0.2, -0.15) is 0 Å². The predicted octanol–water partition coefficient (Wildman–Crippen LogP) is 6.86. The Morgan fingerprint density at radius 1 is 0.611 bits per heavy atom. The highest BCUT2D eigenvalue weighted by atomic mass is 35.5. The van der Waals surface area contributed by atoms with Crippen LogP contribution in [0.5, 0.6) is 0 Å². The first kappa shape index (κ1) is 22.7. The SMILES string of the molecule is Clc1ccccc1-c1nc(N2CCN(C(c3ccccc3)c3ccccc3)CC2)c2ccccc2n1. The van der Waals surface area contributed by atoms with Crippen LogP contribution < -0.4 is 4.90 Å². The molecular weight excluding hydrogens is 464 g/mol. The van der Waals surface area contributed by atoms with Crippen molar-refractivity contribution in [3.05, 3.63) is 125 Å². The molecule has 0 aliphatic carbocycles. The summed E-state index contributed by atoms with van der Waals surface area (Å²) >= 11 is 6.52. The first-order valence-corrected chi connectivity index (χ1v) is 12.8. The Hall–Kier alpha value is -3.73. The van der Waals surface area contributed by atoms with Gasteiger partial charge in [-0.05, 0) is 35.4 Å². The molecule has 0 bridgehead atoms. The summed E-state index contributed by atoms with van der Waals surface area (Å²) in [6.07, 6.45) is 0. The molecule has 4 nitrogen and oxygen atoms in total. The lowest BCUT2D eigenvalue weighted by molar-refractivity contribution is 0.212.